The summed E-state index contributed by atoms with van der Waals surface area (Å²) >= 11 is 1.19. The fraction of sp³-hybridized carbons (Fsp3) is 0.111. The largest absolute Gasteiger partial charge is 0.506 e. The second-order valence-corrected chi connectivity index (χ2v) is 3.77. The van der Waals surface area contributed by atoms with Crippen molar-refractivity contribution in [3.05, 3.63) is 23.1 Å². The van der Waals surface area contributed by atoms with Crippen LogP contribution < -0.4 is 5.73 Å². The summed E-state index contributed by atoms with van der Waals surface area (Å²) < 4.78 is 25.7. The predicted molar refractivity (Wildman–Crippen MR) is 52.9 cm³/mol. The Morgan fingerprint density at radius 2 is 2.07 bits per heavy atom. The van der Waals surface area contributed by atoms with Crippen LogP contribution in [0.15, 0.2) is 17.5 Å². The van der Waals surface area contributed by atoms with E-state index in [0.29, 0.717) is 4.70 Å². The molecule has 1 aromatic carbocycles. The topological polar surface area (TPSA) is 46.2 Å². The molecule has 0 saturated heterocycles. The lowest BCUT2D eigenvalue weighted by atomic mass is 10.1. The van der Waals surface area contributed by atoms with Crippen molar-refractivity contribution in [2.24, 2.45) is 0 Å². The molecular formula is C9H7F2NOS. The fourth-order valence-electron chi connectivity index (χ4n) is 1.33. The number of phenolic OH excluding ortho intramolecular Hbond substituents is 1. The molecule has 0 aliphatic heterocycles. The highest BCUT2D eigenvalue weighted by Gasteiger charge is 2.16. The zero-order valence-electron chi connectivity index (χ0n) is 7.00. The molecule has 0 radical (unpaired) electrons. The van der Waals surface area contributed by atoms with E-state index in [9.17, 15) is 13.9 Å². The van der Waals surface area contributed by atoms with Crippen molar-refractivity contribution in [3.8, 4) is 5.75 Å². The van der Waals surface area contributed by atoms with Crippen molar-refractivity contribution in [3.63, 3.8) is 0 Å². The zero-order chi connectivity index (χ0) is 10.3. The molecule has 0 fully saturated rings. The van der Waals surface area contributed by atoms with E-state index in [2.05, 4.69) is 0 Å². The first-order valence-corrected chi connectivity index (χ1v) is 4.76. The number of halogens is 2. The quantitative estimate of drug-likeness (QED) is 0.567. The monoisotopic (exact) mass is 215 g/mol. The average Bonchev–Trinajstić information content (AvgIpc) is 2.55. The van der Waals surface area contributed by atoms with Gasteiger partial charge < -0.3 is 10.8 Å². The van der Waals surface area contributed by atoms with Gasteiger partial charge in [-0.1, -0.05) is 0 Å². The van der Waals surface area contributed by atoms with Crippen molar-refractivity contribution >= 4 is 27.1 Å². The molecule has 2 nitrogen and oxygen atoms in total. The number of anilines is 1. The van der Waals surface area contributed by atoms with Crippen LogP contribution in [0.4, 0.5) is 14.5 Å². The lowest BCUT2D eigenvalue weighted by Crippen LogP contribution is -1.89. The Balaban J connectivity index is 2.82. The van der Waals surface area contributed by atoms with Crippen molar-refractivity contribution in [2.45, 2.75) is 6.43 Å². The minimum absolute atomic E-state index is 0.0269. The van der Waals surface area contributed by atoms with E-state index >= 15 is 0 Å². The van der Waals surface area contributed by atoms with Gasteiger partial charge in [-0.05, 0) is 12.1 Å². The molecule has 74 valence electrons. The number of phenols is 1. The van der Waals surface area contributed by atoms with Gasteiger partial charge in [0, 0.05) is 21.0 Å². The van der Waals surface area contributed by atoms with Crippen LogP contribution in [0.5, 0.6) is 5.75 Å². The van der Waals surface area contributed by atoms with E-state index in [1.54, 1.807) is 6.07 Å². The number of aromatic hydroxyl groups is 1. The maximum atomic E-state index is 12.5. The molecule has 0 atom stereocenters. The van der Waals surface area contributed by atoms with Crippen molar-refractivity contribution in [1.29, 1.82) is 0 Å². The van der Waals surface area contributed by atoms with Crippen LogP contribution in [0.2, 0.25) is 0 Å². The summed E-state index contributed by atoms with van der Waals surface area (Å²) in [7, 11) is 0. The summed E-state index contributed by atoms with van der Waals surface area (Å²) in [5.41, 5.74) is 5.44. The number of alkyl halides is 2. The van der Waals surface area contributed by atoms with E-state index in [1.165, 1.54) is 22.8 Å². The van der Waals surface area contributed by atoms with Crippen molar-refractivity contribution in [1.82, 2.24) is 0 Å². The van der Waals surface area contributed by atoms with Gasteiger partial charge in [0.05, 0.1) is 5.69 Å². The maximum Gasteiger partial charge on any atom is 0.265 e. The van der Waals surface area contributed by atoms with Gasteiger partial charge in [-0.15, -0.1) is 11.3 Å². The lowest BCUT2D eigenvalue weighted by Gasteiger charge is -2.02. The van der Waals surface area contributed by atoms with E-state index in [1.807, 2.05) is 0 Å². The molecule has 1 heterocycles. The molecule has 3 N–H and O–H groups in total. The Morgan fingerprint density at radius 1 is 1.36 bits per heavy atom. The van der Waals surface area contributed by atoms with Crippen LogP contribution in [-0.2, 0) is 0 Å². The molecule has 0 unspecified atom stereocenters. The number of thiophene rings is 1. The smallest absolute Gasteiger partial charge is 0.265 e. The van der Waals surface area contributed by atoms with Gasteiger partial charge in [-0.3, -0.25) is 0 Å². The highest BCUT2D eigenvalue weighted by Crippen LogP contribution is 2.39. The van der Waals surface area contributed by atoms with Crippen LogP contribution >= 0.6 is 11.3 Å². The Hall–Kier alpha value is -1.36. The number of hydrogen-bond donors (Lipinski definition) is 2. The summed E-state index contributed by atoms with van der Waals surface area (Å²) in [4.78, 5) is 0. The number of rotatable bonds is 1. The number of fused-ring (bicyclic) bond motifs is 1. The molecule has 1 aromatic heterocycles. The number of benzene rings is 1. The number of hydrogen-bond acceptors (Lipinski definition) is 3. The first-order valence-electron chi connectivity index (χ1n) is 3.88. The second kappa shape index (κ2) is 3.09. The molecule has 0 saturated carbocycles. The van der Waals surface area contributed by atoms with Crippen molar-refractivity contribution < 1.29 is 13.9 Å². The standard InChI is InChI=1S/C9H7F2NOS/c10-9(11)4-3-14-6-2-1-5(13)8(12)7(4)6/h1-3,9,13H,12H2. The molecule has 2 aromatic rings. The highest BCUT2D eigenvalue weighted by atomic mass is 32.1. The van der Waals surface area contributed by atoms with E-state index in [-0.39, 0.29) is 22.4 Å². The molecule has 0 amide bonds. The molecular weight excluding hydrogens is 208 g/mol. The summed E-state index contributed by atoms with van der Waals surface area (Å²) in [6.07, 6.45) is -2.56. The van der Waals surface area contributed by atoms with Crippen LogP contribution in [0.25, 0.3) is 10.1 Å². The third-order valence-electron chi connectivity index (χ3n) is 2.02. The normalized spacial score (nSPS) is 11.4. The number of nitrogens with two attached hydrogens (primary N) is 1. The molecule has 0 aliphatic carbocycles. The number of nitrogen functional groups attached to an aromatic ring is 1. The summed E-state index contributed by atoms with van der Waals surface area (Å²) in [6, 6.07) is 2.99. The zero-order valence-corrected chi connectivity index (χ0v) is 7.81. The first kappa shape index (κ1) is 9.21. The Morgan fingerprint density at radius 3 is 2.71 bits per heavy atom. The van der Waals surface area contributed by atoms with Gasteiger partial charge in [0.15, 0.2) is 0 Å². The molecule has 0 bridgehead atoms. The molecule has 5 heteroatoms. The average molecular weight is 215 g/mol. The van der Waals surface area contributed by atoms with Gasteiger partial charge in [-0.25, -0.2) is 8.78 Å². The molecule has 14 heavy (non-hydrogen) atoms. The van der Waals surface area contributed by atoms with E-state index in [4.69, 9.17) is 5.73 Å². The SMILES string of the molecule is Nc1c(O)ccc2scc(C(F)F)c12. The first-order chi connectivity index (χ1) is 6.61. The van der Waals surface area contributed by atoms with Crippen molar-refractivity contribution in [2.75, 3.05) is 5.73 Å². The third kappa shape index (κ3) is 1.21. The maximum absolute atomic E-state index is 12.5. The minimum Gasteiger partial charge on any atom is -0.506 e. The predicted octanol–water partition coefficient (Wildman–Crippen LogP) is 3.13. The molecule has 2 rings (SSSR count). The highest BCUT2D eigenvalue weighted by molar-refractivity contribution is 7.17. The second-order valence-electron chi connectivity index (χ2n) is 2.86. The van der Waals surface area contributed by atoms with E-state index < -0.39 is 6.43 Å². The van der Waals surface area contributed by atoms with Gasteiger partial charge in [0.1, 0.15) is 5.75 Å². The summed E-state index contributed by atoms with van der Waals surface area (Å²) in [5.74, 6) is -0.155. The summed E-state index contributed by atoms with van der Waals surface area (Å²) in [5, 5.41) is 10.9. The Kier molecular flexibility index (Phi) is 2.03. The van der Waals surface area contributed by atoms with Crippen LogP contribution in [0.3, 0.4) is 0 Å². The molecule has 0 aliphatic rings. The molecule has 0 spiro atoms. The third-order valence-corrected chi connectivity index (χ3v) is 2.99. The summed E-state index contributed by atoms with van der Waals surface area (Å²) in [6.45, 7) is 0. The fourth-order valence-corrected chi connectivity index (χ4v) is 2.30. The van der Waals surface area contributed by atoms with Gasteiger partial charge in [0.2, 0.25) is 0 Å². The minimum atomic E-state index is -2.56. The van der Waals surface area contributed by atoms with Gasteiger partial charge >= 0.3 is 0 Å². The van der Waals surface area contributed by atoms with Gasteiger partial charge in [0.25, 0.3) is 6.43 Å². The van der Waals surface area contributed by atoms with E-state index in [0.717, 1.165) is 0 Å². The van der Waals surface area contributed by atoms with Crippen LogP contribution in [0.1, 0.15) is 12.0 Å². The van der Waals surface area contributed by atoms with Gasteiger partial charge in [-0.2, -0.15) is 0 Å². The van der Waals surface area contributed by atoms with Crippen LogP contribution in [0, 0.1) is 0 Å². The van der Waals surface area contributed by atoms with Crippen LogP contribution in [-0.4, -0.2) is 5.11 Å². The Labute approximate surface area is 82.6 Å². The Bertz CT molecular complexity index is 481. The lowest BCUT2D eigenvalue weighted by molar-refractivity contribution is 0.153.